The average molecular weight is 344 g/mol. The molecule has 0 spiro atoms. The minimum atomic E-state index is -1.49. The van der Waals surface area contributed by atoms with Gasteiger partial charge in [-0.15, -0.1) is 0 Å². The second-order valence-electron chi connectivity index (χ2n) is 6.15. The fourth-order valence-corrected chi connectivity index (χ4v) is 2.63. The monoisotopic (exact) mass is 344 g/mol. The lowest BCUT2D eigenvalue weighted by Gasteiger charge is -2.39. The third kappa shape index (κ3) is 4.41. The van der Waals surface area contributed by atoms with E-state index in [9.17, 15) is 20.1 Å². The summed E-state index contributed by atoms with van der Waals surface area (Å²) in [6, 6.07) is 0. The minimum absolute atomic E-state index is 0.0470. The molecule has 4 unspecified atom stereocenters. The molecule has 2 rings (SSSR count). The SMILES string of the molecule is CC(C)=CC1C/C(=C/CO[C@@H]2OC(CO)[C@@H](O)C(O)C2O)C(=O)O1. The van der Waals surface area contributed by atoms with Crippen molar-refractivity contribution in [2.45, 2.75) is 57.1 Å². The topological polar surface area (TPSA) is 126 Å². The lowest BCUT2D eigenvalue weighted by molar-refractivity contribution is -0.298. The number of hydrogen-bond donors (Lipinski definition) is 4. The number of esters is 1. The van der Waals surface area contributed by atoms with Gasteiger partial charge in [-0.3, -0.25) is 0 Å². The summed E-state index contributed by atoms with van der Waals surface area (Å²) in [7, 11) is 0. The van der Waals surface area contributed by atoms with Crippen molar-refractivity contribution in [1.82, 2.24) is 0 Å². The van der Waals surface area contributed by atoms with Crippen molar-refractivity contribution in [1.29, 1.82) is 0 Å². The standard InChI is InChI=1S/C16H24O8/c1-8(2)5-10-6-9(15(21)23-10)3-4-22-16-14(20)13(19)12(18)11(7-17)24-16/h3,5,10-14,16-20H,4,6-7H2,1-2H3/b9-3-/t10?,11?,12-,13?,14?,16-/m1/s1. The molecule has 2 fully saturated rings. The molecule has 2 aliphatic rings. The summed E-state index contributed by atoms with van der Waals surface area (Å²) in [5.74, 6) is -0.421. The molecule has 2 aliphatic heterocycles. The summed E-state index contributed by atoms with van der Waals surface area (Å²) >= 11 is 0. The zero-order valence-electron chi connectivity index (χ0n) is 13.7. The molecule has 0 bridgehead atoms. The van der Waals surface area contributed by atoms with Crippen LogP contribution >= 0.6 is 0 Å². The quantitative estimate of drug-likeness (QED) is 0.285. The van der Waals surface area contributed by atoms with Crippen LogP contribution in [0.2, 0.25) is 0 Å². The number of carbonyl (C=O) groups excluding carboxylic acids is 1. The molecule has 6 atom stereocenters. The van der Waals surface area contributed by atoms with Crippen molar-refractivity contribution in [3.05, 3.63) is 23.3 Å². The van der Waals surface area contributed by atoms with E-state index in [1.165, 1.54) is 6.08 Å². The maximum absolute atomic E-state index is 11.7. The molecule has 0 amide bonds. The Kier molecular flexibility index (Phi) is 6.50. The van der Waals surface area contributed by atoms with Crippen LogP contribution in [-0.4, -0.2) is 76.4 Å². The van der Waals surface area contributed by atoms with E-state index in [-0.39, 0.29) is 12.7 Å². The zero-order valence-corrected chi connectivity index (χ0v) is 13.7. The first-order valence-electron chi connectivity index (χ1n) is 7.80. The molecule has 8 heteroatoms. The normalized spacial score (nSPS) is 38.2. The molecule has 136 valence electrons. The third-order valence-electron chi connectivity index (χ3n) is 3.90. The van der Waals surface area contributed by atoms with Crippen molar-refractivity contribution in [2.24, 2.45) is 0 Å². The van der Waals surface area contributed by atoms with Gasteiger partial charge in [-0.25, -0.2) is 4.79 Å². The van der Waals surface area contributed by atoms with Gasteiger partial charge in [0.2, 0.25) is 0 Å². The summed E-state index contributed by atoms with van der Waals surface area (Å²) in [5, 5.41) is 38.3. The smallest absolute Gasteiger partial charge is 0.334 e. The molecule has 0 radical (unpaired) electrons. The second kappa shape index (κ2) is 8.19. The second-order valence-corrected chi connectivity index (χ2v) is 6.15. The molecule has 0 aromatic carbocycles. The maximum atomic E-state index is 11.7. The van der Waals surface area contributed by atoms with E-state index in [1.54, 1.807) is 0 Å². The first kappa shape index (κ1) is 19.0. The molecular weight excluding hydrogens is 320 g/mol. The number of carbonyl (C=O) groups is 1. The van der Waals surface area contributed by atoms with Crippen LogP contribution in [0, 0.1) is 0 Å². The fraction of sp³-hybridized carbons (Fsp3) is 0.688. The van der Waals surface area contributed by atoms with Gasteiger partial charge in [0.05, 0.1) is 13.2 Å². The van der Waals surface area contributed by atoms with Gasteiger partial charge in [0.15, 0.2) is 6.29 Å². The highest BCUT2D eigenvalue weighted by molar-refractivity contribution is 5.90. The molecule has 8 nitrogen and oxygen atoms in total. The lowest BCUT2D eigenvalue weighted by Crippen LogP contribution is -2.59. The largest absolute Gasteiger partial charge is 0.454 e. The van der Waals surface area contributed by atoms with Crippen LogP contribution in [-0.2, 0) is 19.0 Å². The first-order valence-corrected chi connectivity index (χ1v) is 7.80. The molecule has 0 aliphatic carbocycles. The van der Waals surface area contributed by atoms with Crippen molar-refractivity contribution >= 4 is 5.97 Å². The Morgan fingerprint density at radius 3 is 2.58 bits per heavy atom. The Labute approximate surface area is 140 Å². The van der Waals surface area contributed by atoms with E-state index in [0.29, 0.717) is 12.0 Å². The van der Waals surface area contributed by atoms with Gasteiger partial charge in [-0.2, -0.15) is 0 Å². The van der Waals surface area contributed by atoms with E-state index in [1.807, 2.05) is 19.9 Å². The third-order valence-corrected chi connectivity index (χ3v) is 3.90. The molecular formula is C16H24O8. The van der Waals surface area contributed by atoms with Crippen molar-refractivity contribution < 1.29 is 39.4 Å². The number of ether oxygens (including phenoxy) is 3. The molecule has 2 heterocycles. The van der Waals surface area contributed by atoms with Crippen molar-refractivity contribution in [2.75, 3.05) is 13.2 Å². The van der Waals surface area contributed by atoms with E-state index < -0.39 is 43.3 Å². The van der Waals surface area contributed by atoms with Crippen LogP contribution in [0.3, 0.4) is 0 Å². The summed E-state index contributed by atoms with van der Waals surface area (Å²) in [6.07, 6.45) is -3.11. The summed E-state index contributed by atoms with van der Waals surface area (Å²) in [5.41, 5.74) is 1.51. The van der Waals surface area contributed by atoms with Crippen LogP contribution in [0.25, 0.3) is 0 Å². The summed E-state index contributed by atoms with van der Waals surface area (Å²) in [4.78, 5) is 11.7. The highest BCUT2D eigenvalue weighted by Gasteiger charge is 2.43. The van der Waals surface area contributed by atoms with E-state index in [4.69, 9.17) is 19.3 Å². The predicted molar refractivity (Wildman–Crippen MR) is 81.7 cm³/mol. The van der Waals surface area contributed by atoms with E-state index in [0.717, 1.165) is 5.57 Å². The van der Waals surface area contributed by atoms with Gasteiger partial charge in [-0.1, -0.05) is 5.57 Å². The van der Waals surface area contributed by atoms with Gasteiger partial charge in [0.25, 0.3) is 0 Å². The van der Waals surface area contributed by atoms with E-state index in [2.05, 4.69) is 0 Å². The van der Waals surface area contributed by atoms with Gasteiger partial charge in [0.1, 0.15) is 30.5 Å². The maximum Gasteiger partial charge on any atom is 0.334 e. The Hall–Kier alpha value is -1.29. The predicted octanol–water partition coefficient (Wildman–Crippen LogP) is -0.989. The molecule has 2 saturated heterocycles. The van der Waals surface area contributed by atoms with Gasteiger partial charge < -0.3 is 34.6 Å². The number of cyclic esters (lactones) is 1. The van der Waals surface area contributed by atoms with Gasteiger partial charge >= 0.3 is 5.97 Å². The average Bonchev–Trinajstić information content (AvgIpc) is 2.86. The Balaban J connectivity index is 1.91. The first-order chi connectivity index (χ1) is 11.3. The van der Waals surface area contributed by atoms with Gasteiger partial charge in [-0.05, 0) is 26.0 Å². The lowest BCUT2D eigenvalue weighted by atomic mass is 9.99. The van der Waals surface area contributed by atoms with Crippen LogP contribution in [0.15, 0.2) is 23.3 Å². The number of aliphatic hydroxyl groups is 4. The zero-order chi connectivity index (χ0) is 17.9. The molecule has 0 aromatic heterocycles. The van der Waals surface area contributed by atoms with Crippen LogP contribution in [0.1, 0.15) is 20.3 Å². The van der Waals surface area contributed by atoms with Crippen molar-refractivity contribution in [3.8, 4) is 0 Å². The number of hydrogen-bond acceptors (Lipinski definition) is 8. The Morgan fingerprint density at radius 2 is 1.96 bits per heavy atom. The summed E-state index contributed by atoms with van der Waals surface area (Å²) < 4.78 is 15.7. The minimum Gasteiger partial charge on any atom is -0.454 e. The molecule has 24 heavy (non-hydrogen) atoms. The Morgan fingerprint density at radius 1 is 1.25 bits per heavy atom. The molecule has 4 N–H and O–H groups in total. The summed E-state index contributed by atoms with van der Waals surface area (Å²) in [6.45, 7) is 3.26. The van der Waals surface area contributed by atoms with Gasteiger partial charge in [0, 0.05) is 12.0 Å². The van der Waals surface area contributed by atoms with Crippen LogP contribution < -0.4 is 0 Å². The number of allylic oxidation sites excluding steroid dienone is 1. The number of rotatable bonds is 5. The van der Waals surface area contributed by atoms with Crippen LogP contribution in [0.4, 0.5) is 0 Å². The van der Waals surface area contributed by atoms with E-state index >= 15 is 0 Å². The highest BCUT2D eigenvalue weighted by atomic mass is 16.7. The molecule has 0 saturated carbocycles. The van der Waals surface area contributed by atoms with Crippen LogP contribution in [0.5, 0.6) is 0 Å². The molecule has 0 aromatic rings. The van der Waals surface area contributed by atoms with Crippen molar-refractivity contribution in [3.63, 3.8) is 0 Å². The highest BCUT2D eigenvalue weighted by Crippen LogP contribution is 2.24. The fourth-order valence-electron chi connectivity index (χ4n) is 2.63. The Bertz CT molecular complexity index is 508. The number of aliphatic hydroxyl groups excluding tert-OH is 4.